The van der Waals surface area contributed by atoms with Crippen LogP contribution < -0.4 is 10.1 Å². The predicted molar refractivity (Wildman–Crippen MR) is 61.7 cm³/mol. The van der Waals surface area contributed by atoms with E-state index in [0.717, 1.165) is 0 Å². The lowest BCUT2D eigenvalue weighted by Crippen LogP contribution is -2.26. The zero-order chi connectivity index (χ0) is 13.8. The number of ether oxygens (including phenoxy) is 2. The van der Waals surface area contributed by atoms with Gasteiger partial charge in [-0.05, 0) is 11.6 Å². The van der Waals surface area contributed by atoms with Crippen LogP contribution in [0.15, 0.2) is 24.3 Å². The first kappa shape index (κ1) is 12.9. The highest BCUT2D eigenvalue weighted by atomic mass is 16.6. The fraction of sp³-hybridized carbons (Fsp3) is 0.250. The molecular formula is C12H11NO6. The van der Waals surface area contributed by atoms with E-state index in [4.69, 9.17) is 14.6 Å². The molecule has 0 saturated carbocycles. The standard InChI is InChI=1S/C12H11NO6/c14-10(15)6-18-8-4-2-1-3-7(8)5-9-11(16)13-12(17)19-9/h1-4,9H,5-6H2,(H,14,15)(H,13,16,17). The number of para-hydroxylation sites is 1. The number of benzene rings is 1. The summed E-state index contributed by atoms with van der Waals surface area (Å²) in [7, 11) is 0. The van der Waals surface area contributed by atoms with Crippen LogP contribution in [0.2, 0.25) is 0 Å². The monoisotopic (exact) mass is 265 g/mol. The van der Waals surface area contributed by atoms with Crippen LogP contribution in [0.1, 0.15) is 5.56 Å². The third kappa shape index (κ3) is 3.21. The first-order chi connectivity index (χ1) is 9.06. The number of carboxylic acid groups (broad SMARTS) is 1. The van der Waals surface area contributed by atoms with E-state index in [-0.39, 0.29) is 6.42 Å². The number of rotatable bonds is 5. The number of cyclic esters (lactones) is 1. The Bertz CT molecular complexity index is 527. The minimum Gasteiger partial charge on any atom is -0.482 e. The van der Waals surface area contributed by atoms with Gasteiger partial charge >= 0.3 is 12.1 Å². The van der Waals surface area contributed by atoms with Crippen molar-refractivity contribution in [3.8, 4) is 5.75 Å². The molecule has 0 aliphatic carbocycles. The molecule has 0 spiro atoms. The number of carboxylic acids is 1. The van der Waals surface area contributed by atoms with Crippen molar-refractivity contribution in [2.24, 2.45) is 0 Å². The molecule has 1 aliphatic heterocycles. The van der Waals surface area contributed by atoms with Gasteiger partial charge in [-0.2, -0.15) is 0 Å². The molecular weight excluding hydrogens is 254 g/mol. The Morgan fingerprint density at radius 1 is 1.37 bits per heavy atom. The Hall–Kier alpha value is -2.57. The van der Waals surface area contributed by atoms with Gasteiger partial charge in [-0.25, -0.2) is 9.59 Å². The molecule has 1 aromatic carbocycles. The SMILES string of the molecule is O=C(O)COc1ccccc1CC1OC(=O)NC1=O. The second kappa shape index (κ2) is 5.38. The number of carbonyl (C=O) groups excluding carboxylic acids is 2. The van der Waals surface area contributed by atoms with Crippen LogP contribution >= 0.6 is 0 Å². The Kier molecular flexibility index (Phi) is 3.65. The topological polar surface area (TPSA) is 102 Å². The molecule has 19 heavy (non-hydrogen) atoms. The van der Waals surface area contributed by atoms with Crippen molar-refractivity contribution >= 4 is 18.0 Å². The molecule has 2 rings (SSSR count). The Balaban J connectivity index is 2.09. The van der Waals surface area contributed by atoms with Gasteiger partial charge < -0.3 is 14.6 Å². The molecule has 7 nitrogen and oxygen atoms in total. The molecule has 2 amide bonds. The highest BCUT2D eigenvalue weighted by Crippen LogP contribution is 2.21. The third-order valence-electron chi connectivity index (χ3n) is 2.50. The van der Waals surface area contributed by atoms with Gasteiger partial charge in [-0.1, -0.05) is 18.2 Å². The van der Waals surface area contributed by atoms with Gasteiger partial charge in [0.2, 0.25) is 0 Å². The van der Waals surface area contributed by atoms with Gasteiger partial charge in [-0.3, -0.25) is 10.1 Å². The van der Waals surface area contributed by atoms with Gasteiger partial charge in [0.1, 0.15) is 5.75 Å². The van der Waals surface area contributed by atoms with Crippen LogP contribution in [-0.2, 0) is 20.7 Å². The van der Waals surface area contributed by atoms with Gasteiger partial charge in [0.25, 0.3) is 5.91 Å². The lowest BCUT2D eigenvalue weighted by molar-refractivity contribution is -0.139. The molecule has 100 valence electrons. The zero-order valence-electron chi connectivity index (χ0n) is 9.79. The van der Waals surface area contributed by atoms with Crippen LogP contribution in [0.3, 0.4) is 0 Å². The summed E-state index contributed by atoms with van der Waals surface area (Å²) in [6.45, 7) is -0.479. The second-order valence-electron chi connectivity index (χ2n) is 3.88. The van der Waals surface area contributed by atoms with E-state index >= 15 is 0 Å². The Labute approximate surface area is 108 Å². The lowest BCUT2D eigenvalue weighted by Gasteiger charge is -2.11. The highest BCUT2D eigenvalue weighted by Gasteiger charge is 2.32. The average Bonchev–Trinajstić information content (AvgIpc) is 2.67. The fourth-order valence-corrected chi connectivity index (χ4v) is 1.68. The fourth-order valence-electron chi connectivity index (χ4n) is 1.68. The minimum atomic E-state index is -1.10. The van der Waals surface area contributed by atoms with Crippen LogP contribution in [0, 0.1) is 0 Å². The van der Waals surface area contributed by atoms with E-state index in [2.05, 4.69) is 0 Å². The number of aliphatic carboxylic acids is 1. The van der Waals surface area contributed by atoms with Crippen molar-refractivity contribution < 1.29 is 29.0 Å². The summed E-state index contributed by atoms with van der Waals surface area (Å²) < 4.78 is 9.89. The van der Waals surface area contributed by atoms with Crippen molar-refractivity contribution in [1.82, 2.24) is 5.32 Å². The maximum absolute atomic E-state index is 11.4. The normalized spacial score (nSPS) is 17.8. The van der Waals surface area contributed by atoms with E-state index in [0.29, 0.717) is 11.3 Å². The first-order valence-electron chi connectivity index (χ1n) is 5.50. The average molecular weight is 265 g/mol. The molecule has 0 radical (unpaired) electrons. The molecule has 2 N–H and O–H groups in total. The molecule has 0 aromatic heterocycles. The molecule has 1 aliphatic rings. The molecule has 1 atom stereocenters. The molecule has 0 bridgehead atoms. The van der Waals surface area contributed by atoms with E-state index in [1.165, 1.54) is 0 Å². The minimum absolute atomic E-state index is 0.132. The van der Waals surface area contributed by atoms with E-state index < -0.39 is 30.7 Å². The van der Waals surface area contributed by atoms with Gasteiger partial charge in [0.15, 0.2) is 12.7 Å². The van der Waals surface area contributed by atoms with Crippen molar-refractivity contribution in [1.29, 1.82) is 0 Å². The molecule has 1 fully saturated rings. The van der Waals surface area contributed by atoms with E-state index in [9.17, 15) is 14.4 Å². The highest BCUT2D eigenvalue weighted by molar-refractivity contribution is 6.00. The number of amides is 2. The number of alkyl carbamates (subject to hydrolysis) is 1. The van der Waals surface area contributed by atoms with Gasteiger partial charge in [0, 0.05) is 6.42 Å². The number of hydrogen-bond donors (Lipinski definition) is 2. The zero-order valence-corrected chi connectivity index (χ0v) is 9.79. The van der Waals surface area contributed by atoms with Crippen LogP contribution in [0.5, 0.6) is 5.75 Å². The van der Waals surface area contributed by atoms with Gasteiger partial charge in [-0.15, -0.1) is 0 Å². The summed E-state index contributed by atoms with van der Waals surface area (Å²) >= 11 is 0. The van der Waals surface area contributed by atoms with Crippen molar-refractivity contribution in [3.63, 3.8) is 0 Å². The largest absolute Gasteiger partial charge is 0.482 e. The second-order valence-corrected chi connectivity index (χ2v) is 3.88. The molecule has 1 saturated heterocycles. The Morgan fingerprint density at radius 2 is 2.11 bits per heavy atom. The number of hydrogen-bond acceptors (Lipinski definition) is 5. The molecule has 1 aromatic rings. The number of imide groups is 1. The predicted octanol–water partition coefficient (Wildman–Crippen LogP) is 0.327. The summed E-state index contributed by atoms with van der Waals surface area (Å²) in [6.07, 6.45) is -1.56. The maximum Gasteiger partial charge on any atom is 0.414 e. The number of nitrogens with one attached hydrogen (secondary N) is 1. The van der Waals surface area contributed by atoms with Crippen molar-refractivity contribution in [2.45, 2.75) is 12.5 Å². The smallest absolute Gasteiger partial charge is 0.414 e. The summed E-state index contributed by atoms with van der Waals surface area (Å²) in [5.74, 6) is -1.27. The van der Waals surface area contributed by atoms with Crippen LogP contribution in [-0.4, -0.2) is 35.8 Å². The first-order valence-corrected chi connectivity index (χ1v) is 5.50. The molecule has 1 heterocycles. The van der Waals surface area contributed by atoms with E-state index in [1.54, 1.807) is 24.3 Å². The summed E-state index contributed by atoms with van der Waals surface area (Å²) in [6, 6.07) is 6.67. The van der Waals surface area contributed by atoms with Crippen molar-refractivity contribution in [2.75, 3.05) is 6.61 Å². The summed E-state index contributed by atoms with van der Waals surface area (Å²) in [5.41, 5.74) is 0.596. The van der Waals surface area contributed by atoms with Gasteiger partial charge in [0.05, 0.1) is 0 Å². The summed E-state index contributed by atoms with van der Waals surface area (Å²) in [5, 5.41) is 10.6. The lowest BCUT2D eigenvalue weighted by atomic mass is 10.1. The van der Waals surface area contributed by atoms with Crippen molar-refractivity contribution in [3.05, 3.63) is 29.8 Å². The van der Waals surface area contributed by atoms with E-state index in [1.807, 2.05) is 5.32 Å². The Morgan fingerprint density at radius 3 is 2.74 bits per heavy atom. The number of carbonyl (C=O) groups is 3. The maximum atomic E-state index is 11.4. The van der Waals surface area contributed by atoms with Crippen LogP contribution in [0.4, 0.5) is 4.79 Å². The molecule has 1 unspecified atom stereocenters. The quantitative estimate of drug-likeness (QED) is 0.795. The third-order valence-corrected chi connectivity index (χ3v) is 2.50. The summed E-state index contributed by atoms with van der Waals surface area (Å²) in [4.78, 5) is 32.7. The molecule has 7 heteroatoms. The van der Waals surface area contributed by atoms with Crippen LogP contribution in [0.25, 0.3) is 0 Å².